The average Bonchev–Trinajstić information content (AvgIpc) is 2.77. The molecule has 1 aromatic carbocycles. The van der Waals surface area contributed by atoms with Crippen LogP contribution in [-0.4, -0.2) is 52.6 Å². The number of alkyl carbamates (subject to hydrolysis) is 1. The number of phenolic OH excluding ortho intramolecular Hbond substituents is 1. The summed E-state index contributed by atoms with van der Waals surface area (Å²) in [7, 11) is 0. The van der Waals surface area contributed by atoms with E-state index in [-0.39, 0.29) is 24.1 Å². The molecule has 8 heteroatoms. The summed E-state index contributed by atoms with van der Waals surface area (Å²) in [6.07, 6.45) is 3.20. The van der Waals surface area contributed by atoms with Gasteiger partial charge in [-0.2, -0.15) is 0 Å². The summed E-state index contributed by atoms with van der Waals surface area (Å²) < 4.78 is 5.39. The predicted molar refractivity (Wildman–Crippen MR) is 138 cm³/mol. The van der Waals surface area contributed by atoms with Crippen LogP contribution < -0.4 is 10.6 Å². The van der Waals surface area contributed by atoms with E-state index in [1.807, 2.05) is 20.8 Å². The van der Waals surface area contributed by atoms with E-state index in [1.54, 1.807) is 45.9 Å². The molecule has 3 unspecified atom stereocenters. The first-order valence-corrected chi connectivity index (χ1v) is 12.3. The van der Waals surface area contributed by atoms with Crippen LogP contribution in [0, 0.1) is 12.8 Å². The molecule has 0 saturated heterocycles. The molecule has 0 heterocycles. The van der Waals surface area contributed by atoms with E-state index >= 15 is 0 Å². The minimum atomic E-state index is -0.969. The van der Waals surface area contributed by atoms with E-state index < -0.39 is 29.7 Å². The number of carbonyl (C=O) groups excluding carboxylic acids is 3. The standard InChI is InChI=1S/C27H43N3O5/c1-9-12-15-28-24(32)23(20-13-14-21(31)19(5)17-20)30(16-10-2)25(33)22(18(4)11-3)29-26(34)35-27(6,7)8/h10,13-14,17-18,22-23,31H,2,9,11-12,15-16H2,1,3-8H3,(H,28,32)(H,29,34). The average molecular weight is 490 g/mol. The molecule has 0 saturated carbocycles. The normalized spacial score (nSPS) is 13.8. The Hall–Kier alpha value is -3.03. The highest BCUT2D eigenvalue weighted by atomic mass is 16.6. The lowest BCUT2D eigenvalue weighted by Gasteiger charge is -2.35. The fourth-order valence-corrected chi connectivity index (χ4v) is 3.56. The van der Waals surface area contributed by atoms with E-state index in [4.69, 9.17) is 4.74 Å². The van der Waals surface area contributed by atoms with Crippen molar-refractivity contribution in [3.63, 3.8) is 0 Å². The van der Waals surface area contributed by atoms with E-state index in [0.29, 0.717) is 24.1 Å². The Kier molecular flexibility index (Phi) is 11.8. The van der Waals surface area contributed by atoms with Crippen molar-refractivity contribution in [2.24, 2.45) is 5.92 Å². The van der Waals surface area contributed by atoms with Gasteiger partial charge < -0.3 is 25.4 Å². The van der Waals surface area contributed by atoms with E-state index in [9.17, 15) is 19.5 Å². The lowest BCUT2D eigenvalue weighted by Crippen LogP contribution is -2.55. The number of ether oxygens (including phenoxy) is 1. The lowest BCUT2D eigenvalue weighted by atomic mass is 9.95. The van der Waals surface area contributed by atoms with Gasteiger partial charge >= 0.3 is 6.09 Å². The van der Waals surface area contributed by atoms with Crippen molar-refractivity contribution < 1.29 is 24.2 Å². The zero-order valence-corrected chi connectivity index (χ0v) is 22.3. The second kappa shape index (κ2) is 13.8. The summed E-state index contributed by atoms with van der Waals surface area (Å²) >= 11 is 0. The van der Waals surface area contributed by atoms with Gasteiger partial charge in [0.25, 0.3) is 0 Å². The van der Waals surface area contributed by atoms with Crippen LogP contribution >= 0.6 is 0 Å². The van der Waals surface area contributed by atoms with Crippen LogP contribution in [0.4, 0.5) is 4.79 Å². The maximum absolute atomic E-state index is 13.9. The molecule has 3 atom stereocenters. The van der Waals surface area contributed by atoms with Crippen LogP contribution in [0.1, 0.15) is 78.0 Å². The highest BCUT2D eigenvalue weighted by Crippen LogP contribution is 2.28. The van der Waals surface area contributed by atoms with Gasteiger partial charge in [-0.15, -0.1) is 6.58 Å². The number of phenols is 1. The van der Waals surface area contributed by atoms with Gasteiger partial charge in [0.1, 0.15) is 23.4 Å². The third-order valence-electron chi connectivity index (χ3n) is 5.69. The van der Waals surface area contributed by atoms with Gasteiger partial charge in [0.15, 0.2) is 0 Å². The molecule has 0 aliphatic carbocycles. The maximum Gasteiger partial charge on any atom is 0.408 e. The third-order valence-corrected chi connectivity index (χ3v) is 5.69. The van der Waals surface area contributed by atoms with Crippen LogP contribution in [0.3, 0.4) is 0 Å². The number of amides is 3. The number of nitrogens with zero attached hydrogens (tertiary/aromatic N) is 1. The number of aromatic hydroxyl groups is 1. The zero-order valence-electron chi connectivity index (χ0n) is 22.3. The molecule has 0 bridgehead atoms. The monoisotopic (exact) mass is 489 g/mol. The number of hydrogen-bond donors (Lipinski definition) is 3. The van der Waals surface area contributed by atoms with Gasteiger partial charge in [-0.05, 0) is 63.3 Å². The SMILES string of the molecule is C=CCN(C(=O)C(NC(=O)OC(C)(C)C)C(C)CC)C(C(=O)NCCCC)c1ccc(O)c(C)c1. The summed E-state index contributed by atoms with van der Waals surface area (Å²) in [5.41, 5.74) is 0.425. The highest BCUT2D eigenvalue weighted by molar-refractivity contribution is 5.92. The summed E-state index contributed by atoms with van der Waals surface area (Å²) in [5.74, 6) is -0.859. The Balaban J connectivity index is 3.46. The second-order valence-electron chi connectivity index (χ2n) is 9.88. The van der Waals surface area contributed by atoms with Crippen molar-refractivity contribution in [2.45, 2.75) is 85.4 Å². The van der Waals surface area contributed by atoms with Gasteiger partial charge in [-0.1, -0.05) is 45.8 Å². The van der Waals surface area contributed by atoms with Crippen molar-refractivity contribution in [3.05, 3.63) is 42.0 Å². The second-order valence-corrected chi connectivity index (χ2v) is 9.88. The lowest BCUT2D eigenvalue weighted by molar-refractivity contribution is -0.142. The Bertz CT molecular complexity index is 878. The van der Waals surface area contributed by atoms with Crippen LogP contribution in [-0.2, 0) is 14.3 Å². The number of benzene rings is 1. The predicted octanol–water partition coefficient (Wildman–Crippen LogP) is 4.61. The number of nitrogens with one attached hydrogen (secondary N) is 2. The molecule has 3 amide bonds. The molecule has 0 aliphatic rings. The largest absolute Gasteiger partial charge is 0.508 e. The zero-order chi connectivity index (χ0) is 26.8. The van der Waals surface area contributed by atoms with E-state index in [1.165, 1.54) is 11.0 Å². The van der Waals surface area contributed by atoms with Crippen molar-refractivity contribution in [2.75, 3.05) is 13.1 Å². The smallest absolute Gasteiger partial charge is 0.408 e. The van der Waals surface area contributed by atoms with Crippen molar-refractivity contribution in [3.8, 4) is 5.75 Å². The van der Waals surface area contributed by atoms with Crippen molar-refractivity contribution >= 4 is 17.9 Å². The van der Waals surface area contributed by atoms with Crippen molar-refractivity contribution in [1.29, 1.82) is 0 Å². The van der Waals surface area contributed by atoms with E-state index in [2.05, 4.69) is 17.2 Å². The number of unbranched alkanes of at least 4 members (excludes halogenated alkanes) is 1. The minimum absolute atomic E-state index is 0.0908. The minimum Gasteiger partial charge on any atom is -0.508 e. The first-order chi connectivity index (χ1) is 16.4. The number of rotatable bonds is 12. The molecular formula is C27H43N3O5. The highest BCUT2D eigenvalue weighted by Gasteiger charge is 2.37. The first kappa shape index (κ1) is 30.0. The topological polar surface area (TPSA) is 108 Å². The maximum atomic E-state index is 13.9. The van der Waals surface area contributed by atoms with Gasteiger partial charge in [0.2, 0.25) is 11.8 Å². The summed E-state index contributed by atoms with van der Waals surface area (Å²) in [4.78, 5) is 41.3. The van der Waals surface area contributed by atoms with Gasteiger partial charge in [-0.25, -0.2) is 4.79 Å². The summed E-state index contributed by atoms with van der Waals surface area (Å²) in [6, 6.07) is 2.97. The molecule has 0 aromatic heterocycles. The Morgan fingerprint density at radius 2 is 1.89 bits per heavy atom. The third kappa shape index (κ3) is 9.26. The van der Waals surface area contributed by atoms with Gasteiger partial charge in [0.05, 0.1) is 0 Å². The van der Waals surface area contributed by atoms with E-state index in [0.717, 1.165) is 12.8 Å². The Morgan fingerprint density at radius 3 is 2.40 bits per heavy atom. The van der Waals surface area contributed by atoms with Crippen LogP contribution in [0.15, 0.2) is 30.9 Å². The molecule has 35 heavy (non-hydrogen) atoms. The summed E-state index contributed by atoms with van der Waals surface area (Å²) in [5, 5.41) is 15.7. The molecule has 3 N–H and O–H groups in total. The molecule has 0 fully saturated rings. The molecule has 0 spiro atoms. The van der Waals surface area contributed by atoms with Gasteiger partial charge in [-0.3, -0.25) is 9.59 Å². The molecule has 0 aliphatic heterocycles. The number of hydrogen-bond acceptors (Lipinski definition) is 5. The van der Waals surface area contributed by atoms with Crippen LogP contribution in [0.25, 0.3) is 0 Å². The molecular weight excluding hydrogens is 446 g/mol. The summed E-state index contributed by atoms with van der Waals surface area (Å²) in [6.45, 7) is 17.2. The Labute approximate surface area is 210 Å². The fourth-order valence-electron chi connectivity index (χ4n) is 3.56. The quantitative estimate of drug-likeness (QED) is 0.293. The van der Waals surface area contributed by atoms with Crippen molar-refractivity contribution in [1.82, 2.24) is 15.5 Å². The fraction of sp³-hybridized carbons (Fsp3) is 0.593. The van der Waals surface area contributed by atoms with Crippen LogP contribution in [0.2, 0.25) is 0 Å². The molecule has 8 nitrogen and oxygen atoms in total. The molecule has 196 valence electrons. The first-order valence-electron chi connectivity index (χ1n) is 12.3. The molecule has 0 radical (unpaired) electrons. The molecule has 1 aromatic rings. The van der Waals surface area contributed by atoms with Crippen LogP contribution in [0.5, 0.6) is 5.75 Å². The number of carbonyl (C=O) groups is 3. The molecule has 1 rings (SSSR count). The van der Waals surface area contributed by atoms with Gasteiger partial charge in [0, 0.05) is 13.1 Å². The Morgan fingerprint density at radius 1 is 1.23 bits per heavy atom. The number of aryl methyl sites for hydroxylation is 1.